The molecule has 0 bridgehead atoms. The molecule has 0 aliphatic carbocycles. The number of benzene rings is 1. The SMILES string of the molecule is CSc1ccc([C@H]2C(C(=O)OC(C)C)=C(C)N=c3sc(=Cc4cccs4)c(=O)n32)cc1. The number of aromatic nitrogens is 1. The van der Waals surface area contributed by atoms with Gasteiger partial charge in [-0.15, -0.1) is 23.1 Å². The molecule has 1 aliphatic heterocycles. The van der Waals surface area contributed by atoms with Crippen LogP contribution >= 0.6 is 34.4 Å². The van der Waals surface area contributed by atoms with Crippen LogP contribution < -0.4 is 14.9 Å². The highest BCUT2D eigenvalue weighted by molar-refractivity contribution is 7.98. The van der Waals surface area contributed by atoms with E-state index in [1.54, 1.807) is 34.6 Å². The van der Waals surface area contributed by atoms with Crippen LogP contribution in [-0.4, -0.2) is 22.9 Å². The van der Waals surface area contributed by atoms with Crippen LogP contribution in [0.1, 0.15) is 37.3 Å². The van der Waals surface area contributed by atoms with Crippen molar-refractivity contribution in [2.75, 3.05) is 6.26 Å². The minimum atomic E-state index is -0.580. The summed E-state index contributed by atoms with van der Waals surface area (Å²) in [7, 11) is 0. The molecule has 4 rings (SSSR count). The van der Waals surface area contributed by atoms with Crippen molar-refractivity contribution in [2.24, 2.45) is 4.99 Å². The summed E-state index contributed by atoms with van der Waals surface area (Å²) in [4.78, 5) is 33.8. The lowest BCUT2D eigenvalue weighted by Gasteiger charge is -2.25. The molecule has 3 aromatic rings. The van der Waals surface area contributed by atoms with Gasteiger partial charge in [-0.25, -0.2) is 9.79 Å². The van der Waals surface area contributed by atoms with Gasteiger partial charge in [-0.05, 0) is 62.2 Å². The Morgan fingerprint density at radius 3 is 2.61 bits per heavy atom. The maximum atomic E-state index is 13.5. The molecule has 8 heteroatoms. The molecular weight excluding hydrogens is 448 g/mol. The van der Waals surface area contributed by atoms with E-state index in [2.05, 4.69) is 4.99 Å². The maximum Gasteiger partial charge on any atom is 0.338 e. The molecule has 0 amide bonds. The zero-order valence-corrected chi connectivity index (χ0v) is 20.1. The van der Waals surface area contributed by atoms with Gasteiger partial charge < -0.3 is 4.74 Å². The third-order valence-electron chi connectivity index (χ3n) is 4.83. The van der Waals surface area contributed by atoms with Crippen LogP contribution in [-0.2, 0) is 9.53 Å². The first-order chi connectivity index (χ1) is 14.9. The van der Waals surface area contributed by atoms with E-state index in [0.717, 1.165) is 15.3 Å². The highest BCUT2D eigenvalue weighted by Crippen LogP contribution is 2.32. The second-order valence-electron chi connectivity index (χ2n) is 7.32. The number of thiophene rings is 1. The van der Waals surface area contributed by atoms with Crippen molar-refractivity contribution in [3.63, 3.8) is 0 Å². The molecule has 0 N–H and O–H groups in total. The van der Waals surface area contributed by atoms with E-state index in [1.807, 2.05) is 68.0 Å². The third kappa shape index (κ3) is 4.33. The Bertz CT molecular complexity index is 1310. The topological polar surface area (TPSA) is 60.7 Å². The molecule has 0 radical (unpaired) electrons. The van der Waals surface area contributed by atoms with Crippen molar-refractivity contribution in [3.8, 4) is 0 Å². The van der Waals surface area contributed by atoms with Crippen LogP contribution in [0.4, 0.5) is 0 Å². The Labute approximate surface area is 192 Å². The molecule has 3 heterocycles. The van der Waals surface area contributed by atoms with E-state index in [9.17, 15) is 9.59 Å². The number of thioether (sulfide) groups is 1. The van der Waals surface area contributed by atoms with E-state index >= 15 is 0 Å². The number of carbonyl (C=O) groups excluding carboxylic acids is 1. The molecule has 0 unspecified atom stereocenters. The number of rotatable bonds is 5. The first kappa shape index (κ1) is 21.8. The van der Waals surface area contributed by atoms with E-state index < -0.39 is 12.0 Å². The fourth-order valence-electron chi connectivity index (χ4n) is 3.46. The number of nitrogens with zero attached hydrogens (tertiary/aromatic N) is 2. The Kier molecular flexibility index (Phi) is 6.31. The van der Waals surface area contributed by atoms with Gasteiger partial charge >= 0.3 is 5.97 Å². The van der Waals surface area contributed by atoms with Crippen LogP contribution in [0.25, 0.3) is 6.08 Å². The Balaban J connectivity index is 1.94. The number of hydrogen-bond acceptors (Lipinski definition) is 7. The van der Waals surface area contributed by atoms with Crippen molar-refractivity contribution < 1.29 is 9.53 Å². The zero-order chi connectivity index (χ0) is 22.1. The Morgan fingerprint density at radius 2 is 2.00 bits per heavy atom. The van der Waals surface area contributed by atoms with E-state index in [0.29, 0.717) is 20.6 Å². The summed E-state index contributed by atoms with van der Waals surface area (Å²) in [5.41, 5.74) is 1.68. The molecule has 1 aliphatic rings. The number of thiazole rings is 1. The lowest BCUT2D eigenvalue weighted by atomic mass is 9.96. The minimum absolute atomic E-state index is 0.154. The van der Waals surface area contributed by atoms with Gasteiger partial charge in [-0.1, -0.05) is 29.5 Å². The number of fused-ring (bicyclic) bond motifs is 1. The number of hydrogen-bond donors (Lipinski definition) is 0. The standard InChI is InChI=1S/C23H22N2O3S3/c1-13(2)28-22(27)19-14(3)24-23-25(20(19)15-7-9-16(29-4)10-8-15)21(26)18(31-23)12-17-6-5-11-30-17/h5-13,20H,1-4H3/t20-/m0/s1. The summed E-state index contributed by atoms with van der Waals surface area (Å²) in [5, 5.41) is 1.98. The van der Waals surface area contributed by atoms with Crippen LogP contribution in [0.3, 0.4) is 0 Å². The van der Waals surface area contributed by atoms with Crippen LogP contribution in [0.2, 0.25) is 0 Å². The van der Waals surface area contributed by atoms with Gasteiger partial charge in [0.05, 0.1) is 27.9 Å². The quantitative estimate of drug-likeness (QED) is 0.418. The molecule has 0 fully saturated rings. The summed E-state index contributed by atoms with van der Waals surface area (Å²) >= 11 is 4.56. The van der Waals surface area contributed by atoms with Crippen LogP contribution in [0, 0.1) is 0 Å². The largest absolute Gasteiger partial charge is 0.459 e. The molecule has 5 nitrogen and oxygen atoms in total. The van der Waals surface area contributed by atoms with Gasteiger partial charge in [0.25, 0.3) is 5.56 Å². The molecular formula is C23H22N2O3S3. The monoisotopic (exact) mass is 470 g/mol. The summed E-state index contributed by atoms with van der Waals surface area (Å²) < 4.78 is 7.75. The van der Waals surface area contributed by atoms with Crippen LogP contribution in [0.15, 0.2) is 67.7 Å². The lowest BCUT2D eigenvalue weighted by molar-refractivity contribution is -0.143. The van der Waals surface area contributed by atoms with E-state index in [4.69, 9.17) is 4.74 Å². The van der Waals surface area contributed by atoms with Gasteiger partial charge in [-0.2, -0.15) is 0 Å². The van der Waals surface area contributed by atoms with Gasteiger partial charge in [0.15, 0.2) is 4.80 Å². The summed E-state index contributed by atoms with van der Waals surface area (Å²) in [5.74, 6) is -0.442. The fourth-order valence-corrected chi connectivity index (χ4v) is 5.64. The zero-order valence-electron chi connectivity index (χ0n) is 17.6. The third-order valence-corrected chi connectivity index (χ3v) is 7.38. The summed E-state index contributed by atoms with van der Waals surface area (Å²) in [6.07, 6.45) is 3.63. The summed E-state index contributed by atoms with van der Waals surface area (Å²) in [6, 6.07) is 11.3. The second kappa shape index (κ2) is 8.98. The molecule has 31 heavy (non-hydrogen) atoms. The van der Waals surface area contributed by atoms with Gasteiger partial charge in [0.1, 0.15) is 0 Å². The molecule has 0 spiro atoms. The molecule has 160 valence electrons. The number of ether oxygens (including phenoxy) is 1. The first-order valence-corrected chi connectivity index (χ1v) is 12.7. The van der Waals surface area contributed by atoms with Crippen LogP contribution in [0.5, 0.6) is 0 Å². The molecule has 1 atom stereocenters. The fraction of sp³-hybridized carbons (Fsp3) is 0.261. The van der Waals surface area contributed by atoms with Crippen molar-refractivity contribution >= 4 is 46.5 Å². The summed E-state index contributed by atoms with van der Waals surface area (Å²) in [6.45, 7) is 5.43. The Morgan fingerprint density at radius 1 is 1.26 bits per heavy atom. The Hall–Kier alpha value is -2.42. The van der Waals surface area contributed by atoms with Crippen molar-refractivity contribution in [1.82, 2.24) is 4.57 Å². The number of carbonyl (C=O) groups is 1. The molecule has 0 saturated heterocycles. The first-order valence-electron chi connectivity index (χ1n) is 9.80. The average Bonchev–Trinajstić information content (AvgIpc) is 3.35. The maximum absolute atomic E-state index is 13.5. The minimum Gasteiger partial charge on any atom is -0.459 e. The molecule has 1 aromatic carbocycles. The highest BCUT2D eigenvalue weighted by Gasteiger charge is 2.33. The van der Waals surface area contributed by atoms with Crippen molar-refractivity contribution in [3.05, 3.63) is 83.2 Å². The smallest absolute Gasteiger partial charge is 0.338 e. The van der Waals surface area contributed by atoms with E-state index in [-0.39, 0.29) is 11.7 Å². The lowest BCUT2D eigenvalue weighted by Crippen LogP contribution is -2.40. The number of allylic oxidation sites excluding steroid dienone is 1. The van der Waals surface area contributed by atoms with Gasteiger partial charge in [-0.3, -0.25) is 9.36 Å². The number of esters is 1. The molecule has 2 aromatic heterocycles. The molecule has 0 saturated carbocycles. The predicted molar refractivity (Wildman–Crippen MR) is 128 cm³/mol. The van der Waals surface area contributed by atoms with E-state index in [1.165, 1.54) is 11.3 Å². The van der Waals surface area contributed by atoms with Crippen molar-refractivity contribution in [1.29, 1.82) is 0 Å². The van der Waals surface area contributed by atoms with Crippen molar-refractivity contribution in [2.45, 2.75) is 37.8 Å². The van der Waals surface area contributed by atoms with Gasteiger partial charge in [0.2, 0.25) is 0 Å². The second-order valence-corrected chi connectivity index (χ2v) is 10.2. The predicted octanol–water partition coefficient (Wildman–Crippen LogP) is 3.97. The normalized spacial score (nSPS) is 16.4. The average molecular weight is 471 g/mol. The highest BCUT2D eigenvalue weighted by atomic mass is 32.2. The van der Waals surface area contributed by atoms with Gasteiger partial charge in [0, 0.05) is 9.77 Å².